The molecule has 1 fully saturated rings. The molecule has 0 spiro atoms. The van der Waals surface area contributed by atoms with Crippen molar-refractivity contribution in [3.8, 4) is 0 Å². The van der Waals surface area contributed by atoms with E-state index >= 15 is 0 Å². The van der Waals surface area contributed by atoms with Crippen LogP contribution < -0.4 is 5.32 Å². The molecule has 1 aromatic carbocycles. The molecule has 1 aromatic heterocycles. The van der Waals surface area contributed by atoms with E-state index in [4.69, 9.17) is 4.42 Å². The lowest BCUT2D eigenvalue weighted by Crippen LogP contribution is -2.55. The van der Waals surface area contributed by atoms with Gasteiger partial charge in [0.1, 0.15) is 6.26 Å². The summed E-state index contributed by atoms with van der Waals surface area (Å²) in [4.78, 5) is 29.2. The molecular weight excluding hydrogens is 354 g/mol. The number of nitrogens with zero attached hydrogens (tertiary/aromatic N) is 2. The molecule has 2 amide bonds. The highest BCUT2D eigenvalue weighted by Crippen LogP contribution is 2.19. The maximum absolute atomic E-state index is 12.9. The van der Waals surface area contributed by atoms with Crippen molar-refractivity contribution < 1.29 is 14.0 Å². The Kier molecular flexibility index (Phi) is 6.87. The van der Waals surface area contributed by atoms with Gasteiger partial charge in [0.05, 0.1) is 23.9 Å². The minimum absolute atomic E-state index is 0.0161. The van der Waals surface area contributed by atoms with Crippen LogP contribution in [0.2, 0.25) is 0 Å². The van der Waals surface area contributed by atoms with E-state index in [1.807, 2.05) is 30.0 Å². The largest absolute Gasteiger partial charge is 0.472 e. The molecule has 150 valence electrons. The van der Waals surface area contributed by atoms with E-state index in [1.54, 1.807) is 6.07 Å². The van der Waals surface area contributed by atoms with Crippen molar-refractivity contribution >= 4 is 11.8 Å². The van der Waals surface area contributed by atoms with Gasteiger partial charge in [0.25, 0.3) is 5.91 Å². The van der Waals surface area contributed by atoms with Crippen LogP contribution in [-0.2, 0) is 4.79 Å². The van der Waals surface area contributed by atoms with Gasteiger partial charge in [0, 0.05) is 26.2 Å². The van der Waals surface area contributed by atoms with Gasteiger partial charge in [-0.15, -0.1) is 0 Å². The molecule has 1 aliphatic heterocycles. The van der Waals surface area contributed by atoms with Crippen LogP contribution >= 0.6 is 0 Å². The first-order valence-corrected chi connectivity index (χ1v) is 10.0. The highest BCUT2D eigenvalue weighted by molar-refractivity contribution is 5.93. The Balaban J connectivity index is 1.54. The van der Waals surface area contributed by atoms with Crippen LogP contribution in [0.4, 0.5) is 0 Å². The number of benzene rings is 1. The average Bonchev–Trinajstić information content (AvgIpc) is 3.28. The van der Waals surface area contributed by atoms with E-state index < -0.39 is 0 Å². The van der Waals surface area contributed by atoms with Gasteiger partial charge in [-0.2, -0.15) is 0 Å². The lowest BCUT2D eigenvalue weighted by molar-refractivity contribution is -0.127. The Morgan fingerprint density at radius 2 is 1.82 bits per heavy atom. The van der Waals surface area contributed by atoms with Crippen molar-refractivity contribution in [1.29, 1.82) is 0 Å². The second-order valence-corrected chi connectivity index (χ2v) is 7.28. The summed E-state index contributed by atoms with van der Waals surface area (Å²) in [5.41, 5.74) is 1.71. The minimum atomic E-state index is -0.228. The lowest BCUT2D eigenvalue weighted by Gasteiger charge is -2.37. The summed E-state index contributed by atoms with van der Waals surface area (Å²) in [6, 6.07) is 11.6. The molecule has 1 aliphatic rings. The first-order valence-electron chi connectivity index (χ1n) is 10.0. The van der Waals surface area contributed by atoms with Gasteiger partial charge >= 0.3 is 0 Å². The van der Waals surface area contributed by atoms with Gasteiger partial charge in [-0.3, -0.25) is 14.5 Å². The van der Waals surface area contributed by atoms with Crippen LogP contribution in [0.1, 0.15) is 48.7 Å². The zero-order valence-corrected chi connectivity index (χ0v) is 16.6. The maximum Gasteiger partial charge on any atom is 0.257 e. The molecule has 1 saturated heterocycles. The van der Waals surface area contributed by atoms with Gasteiger partial charge in [-0.05, 0) is 25.0 Å². The summed E-state index contributed by atoms with van der Waals surface area (Å²) in [7, 11) is 0. The summed E-state index contributed by atoms with van der Waals surface area (Å²) < 4.78 is 5.00. The van der Waals surface area contributed by atoms with Gasteiger partial charge in [0.2, 0.25) is 5.91 Å². The van der Waals surface area contributed by atoms with Crippen molar-refractivity contribution in [1.82, 2.24) is 15.1 Å². The first kappa shape index (κ1) is 20.1. The molecule has 3 rings (SSSR count). The average molecular weight is 383 g/mol. The predicted octanol–water partition coefficient (Wildman–Crippen LogP) is 3.08. The van der Waals surface area contributed by atoms with E-state index in [9.17, 15) is 9.59 Å². The third kappa shape index (κ3) is 4.81. The van der Waals surface area contributed by atoms with Crippen molar-refractivity contribution in [2.75, 3.05) is 26.2 Å². The zero-order chi connectivity index (χ0) is 19.9. The molecule has 28 heavy (non-hydrogen) atoms. The van der Waals surface area contributed by atoms with Crippen LogP contribution in [0.5, 0.6) is 0 Å². The van der Waals surface area contributed by atoms with Crippen molar-refractivity contribution in [3.05, 3.63) is 60.1 Å². The third-order valence-electron chi connectivity index (χ3n) is 5.39. The van der Waals surface area contributed by atoms with Gasteiger partial charge in [-0.1, -0.05) is 43.7 Å². The fourth-order valence-electron chi connectivity index (χ4n) is 3.64. The lowest BCUT2D eigenvalue weighted by atomic mass is 10.0. The summed E-state index contributed by atoms with van der Waals surface area (Å²) in [6.45, 7) is 6.65. The number of piperazine rings is 1. The number of hydrogen-bond donors (Lipinski definition) is 1. The van der Waals surface area contributed by atoms with Crippen LogP contribution in [0.3, 0.4) is 0 Å². The number of carbonyl (C=O) groups excluding carboxylic acids is 2. The molecule has 2 aromatic rings. The standard InChI is InChI=1S/C22H29N3O3/c1-3-7-20(18-8-5-4-6-9-18)23-21(26)17(2)24-11-13-25(14-12-24)22(27)19-10-15-28-16-19/h4-6,8-10,15-17,20H,3,7,11-14H2,1-2H3,(H,23,26). The van der Waals surface area contributed by atoms with Crippen molar-refractivity contribution in [2.24, 2.45) is 0 Å². The van der Waals surface area contributed by atoms with Gasteiger partial charge in [-0.25, -0.2) is 0 Å². The maximum atomic E-state index is 12.9. The zero-order valence-electron chi connectivity index (χ0n) is 16.6. The van der Waals surface area contributed by atoms with E-state index in [0.29, 0.717) is 31.7 Å². The monoisotopic (exact) mass is 383 g/mol. The fraction of sp³-hybridized carbons (Fsp3) is 0.455. The molecule has 6 nitrogen and oxygen atoms in total. The van der Waals surface area contributed by atoms with E-state index in [0.717, 1.165) is 18.4 Å². The second kappa shape index (κ2) is 9.55. The normalized spacial score (nSPS) is 17.1. The molecule has 0 bridgehead atoms. The quantitative estimate of drug-likeness (QED) is 0.798. The molecular formula is C22H29N3O3. The molecule has 0 radical (unpaired) electrons. The SMILES string of the molecule is CCCC(NC(=O)C(C)N1CCN(C(=O)c2ccoc2)CC1)c1ccccc1. The Bertz CT molecular complexity index is 753. The second-order valence-electron chi connectivity index (χ2n) is 7.28. The minimum Gasteiger partial charge on any atom is -0.472 e. The first-order chi connectivity index (χ1) is 13.6. The Morgan fingerprint density at radius 1 is 1.11 bits per heavy atom. The summed E-state index contributed by atoms with van der Waals surface area (Å²) in [6.07, 6.45) is 4.90. The van der Waals surface area contributed by atoms with Crippen molar-refractivity contribution in [3.63, 3.8) is 0 Å². The number of hydrogen-bond acceptors (Lipinski definition) is 4. The van der Waals surface area contributed by atoms with E-state index in [2.05, 4.69) is 29.3 Å². The van der Waals surface area contributed by atoms with E-state index in [1.165, 1.54) is 12.5 Å². The van der Waals surface area contributed by atoms with Crippen LogP contribution in [0.25, 0.3) is 0 Å². The molecule has 2 atom stereocenters. The topological polar surface area (TPSA) is 65.8 Å². The Labute approximate surface area is 166 Å². The molecule has 2 heterocycles. The summed E-state index contributed by atoms with van der Waals surface area (Å²) in [5.74, 6) is 0.0227. The van der Waals surface area contributed by atoms with Gasteiger partial charge in [0.15, 0.2) is 0 Å². The Hall–Kier alpha value is -2.60. The van der Waals surface area contributed by atoms with Crippen molar-refractivity contribution in [2.45, 2.75) is 38.8 Å². The van der Waals surface area contributed by atoms with E-state index in [-0.39, 0.29) is 23.9 Å². The van der Waals surface area contributed by atoms with Crippen LogP contribution in [0.15, 0.2) is 53.3 Å². The van der Waals surface area contributed by atoms with Gasteiger partial charge < -0.3 is 14.6 Å². The van der Waals surface area contributed by atoms with Crippen LogP contribution in [0, 0.1) is 0 Å². The smallest absolute Gasteiger partial charge is 0.257 e. The molecule has 6 heteroatoms. The summed E-state index contributed by atoms with van der Waals surface area (Å²) in [5, 5.41) is 3.21. The molecule has 1 N–H and O–H groups in total. The number of carbonyl (C=O) groups is 2. The number of furan rings is 1. The van der Waals surface area contributed by atoms with Crippen LogP contribution in [-0.4, -0.2) is 53.8 Å². The molecule has 0 aliphatic carbocycles. The molecule has 0 saturated carbocycles. The number of rotatable bonds is 7. The number of amides is 2. The molecule has 2 unspecified atom stereocenters. The third-order valence-corrected chi connectivity index (χ3v) is 5.39. The highest BCUT2D eigenvalue weighted by Gasteiger charge is 2.29. The predicted molar refractivity (Wildman–Crippen MR) is 108 cm³/mol. The Morgan fingerprint density at radius 3 is 2.43 bits per heavy atom. The number of nitrogens with one attached hydrogen (secondary N) is 1. The fourth-order valence-corrected chi connectivity index (χ4v) is 3.64. The summed E-state index contributed by atoms with van der Waals surface area (Å²) >= 11 is 0. The highest BCUT2D eigenvalue weighted by atomic mass is 16.3.